The molecule has 0 radical (unpaired) electrons. The highest BCUT2D eigenvalue weighted by atomic mass is 16.5. The second-order valence-corrected chi connectivity index (χ2v) is 4.86. The van der Waals surface area contributed by atoms with Gasteiger partial charge in [0, 0.05) is 12.2 Å². The molecule has 2 amide bonds. The monoisotopic (exact) mass is 298 g/mol. The van der Waals surface area contributed by atoms with Gasteiger partial charge in [-0.25, -0.2) is 9.59 Å². The Bertz CT molecular complexity index is 649. The Hall–Kier alpha value is -2.82. The van der Waals surface area contributed by atoms with E-state index in [0.717, 1.165) is 5.56 Å². The fourth-order valence-corrected chi connectivity index (χ4v) is 1.87. The number of anilines is 1. The van der Waals surface area contributed by atoms with Crippen molar-refractivity contribution in [1.29, 1.82) is 0 Å². The molecule has 22 heavy (non-hydrogen) atoms. The Morgan fingerprint density at radius 2 is 1.64 bits per heavy atom. The number of aryl methyl sites for hydroxylation is 1. The van der Waals surface area contributed by atoms with Crippen molar-refractivity contribution in [2.75, 3.05) is 12.4 Å². The largest absolute Gasteiger partial charge is 0.465 e. The van der Waals surface area contributed by atoms with Gasteiger partial charge in [0.1, 0.15) is 0 Å². The molecule has 0 unspecified atom stereocenters. The quantitative estimate of drug-likeness (QED) is 0.852. The van der Waals surface area contributed by atoms with Crippen LogP contribution in [0, 0.1) is 6.92 Å². The number of ether oxygens (including phenoxy) is 1. The zero-order valence-electron chi connectivity index (χ0n) is 12.6. The predicted molar refractivity (Wildman–Crippen MR) is 84.8 cm³/mol. The van der Waals surface area contributed by atoms with Crippen LogP contribution in [0.4, 0.5) is 10.5 Å². The summed E-state index contributed by atoms with van der Waals surface area (Å²) in [5.41, 5.74) is 3.25. The molecule has 2 aromatic carbocycles. The molecule has 0 aromatic heterocycles. The molecule has 0 aliphatic heterocycles. The van der Waals surface area contributed by atoms with Gasteiger partial charge in [0.25, 0.3) is 0 Å². The van der Waals surface area contributed by atoms with Crippen LogP contribution in [0.1, 0.15) is 21.5 Å². The molecular formula is C17H18N2O3. The van der Waals surface area contributed by atoms with Crippen LogP contribution < -0.4 is 10.6 Å². The number of carbonyl (C=O) groups excluding carboxylic acids is 2. The van der Waals surface area contributed by atoms with Crippen molar-refractivity contribution in [3.8, 4) is 0 Å². The Morgan fingerprint density at radius 3 is 2.23 bits per heavy atom. The van der Waals surface area contributed by atoms with E-state index in [9.17, 15) is 9.59 Å². The first kappa shape index (κ1) is 15.6. The number of hydrogen-bond donors (Lipinski definition) is 2. The van der Waals surface area contributed by atoms with Crippen molar-refractivity contribution in [3.05, 3.63) is 65.2 Å². The van der Waals surface area contributed by atoms with E-state index in [0.29, 0.717) is 17.8 Å². The van der Waals surface area contributed by atoms with Gasteiger partial charge in [0.2, 0.25) is 0 Å². The molecule has 0 heterocycles. The van der Waals surface area contributed by atoms with Crippen molar-refractivity contribution < 1.29 is 14.3 Å². The molecule has 0 spiro atoms. The van der Waals surface area contributed by atoms with Crippen LogP contribution in [0.2, 0.25) is 0 Å². The average molecular weight is 298 g/mol. The molecule has 2 aromatic rings. The first-order valence-electron chi connectivity index (χ1n) is 6.87. The number of esters is 1. The summed E-state index contributed by atoms with van der Waals surface area (Å²) < 4.78 is 4.61. The van der Waals surface area contributed by atoms with E-state index in [4.69, 9.17) is 0 Å². The first-order chi connectivity index (χ1) is 10.6. The zero-order valence-corrected chi connectivity index (χ0v) is 12.6. The first-order valence-corrected chi connectivity index (χ1v) is 6.87. The molecule has 2 rings (SSSR count). The van der Waals surface area contributed by atoms with Gasteiger partial charge in [-0.15, -0.1) is 0 Å². The van der Waals surface area contributed by atoms with E-state index in [-0.39, 0.29) is 6.03 Å². The van der Waals surface area contributed by atoms with E-state index in [1.807, 2.05) is 31.2 Å². The summed E-state index contributed by atoms with van der Waals surface area (Å²) >= 11 is 0. The average Bonchev–Trinajstić information content (AvgIpc) is 2.54. The number of rotatable bonds is 4. The highest BCUT2D eigenvalue weighted by Gasteiger charge is 2.06. The van der Waals surface area contributed by atoms with Gasteiger partial charge in [0.15, 0.2) is 0 Å². The molecule has 0 aliphatic rings. The summed E-state index contributed by atoms with van der Waals surface area (Å²) in [6.07, 6.45) is 0. The Balaban J connectivity index is 1.86. The van der Waals surface area contributed by atoms with Gasteiger partial charge in [0.05, 0.1) is 12.7 Å². The molecule has 0 saturated carbocycles. The van der Waals surface area contributed by atoms with E-state index in [1.54, 1.807) is 24.3 Å². The van der Waals surface area contributed by atoms with E-state index in [1.165, 1.54) is 12.7 Å². The minimum absolute atomic E-state index is 0.300. The molecule has 114 valence electrons. The van der Waals surface area contributed by atoms with Crippen molar-refractivity contribution in [2.24, 2.45) is 0 Å². The highest BCUT2D eigenvalue weighted by Crippen LogP contribution is 2.10. The van der Waals surface area contributed by atoms with Crippen molar-refractivity contribution in [1.82, 2.24) is 5.32 Å². The summed E-state index contributed by atoms with van der Waals surface area (Å²) in [7, 11) is 1.33. The predicted octanol–water partition coefficient (Wildman–Crippen LogP) is 3.10. The van der Waals surface area contributed by atoms with E-state index in [2.05, 4.69) is 15.4 Å². The van der Waals surface area contributed by atoms with Crippen LogP contribution in [-0.2, 0) is 11.3 Å². The van der Waals surface area contributed by atoms with Crippen LogP contribution in [-0.4, -0.2) is 19.1 Å². The number of nitrogens with one attached hydrogen (secondary N) is 2. The summed E-state index contributed by atoms with van der Waals surface area (Å²) in [4.78, 5) is 23.1. The minimum atomic E-state index is -0.407. The molecule has 5 heteroatoms. The normalized spacial score (nSPS) is 9.91. The van der Waals surface area contributed by atoms with Gasteiger partial charge in [-0.2, -0.15) is 0 Å². The Kier molecular flexibility index (Phi) is 5.14. The third-order valence-electron chi connectivity index (χ3n) is 3.14. The van der Waals surface area contributed by atoms with Gasteiger partial charge < -0.3 is 15.4 Å². The lowest BCUT2D eigenvalue weighted by molar-refractivity contribution is 0.0601. The molecule has 0 bridgehead atoms. The summed E-state index contributed by atoms with van der Waals surface area (Å²) in [5.74, 6) is -0.407. The fourth-order valence-electron chi connectivity index (χ4n) is 1.87. The Labute approximate surface area is 129 Å². The number of urea groups is 1. The number of methoxy groups -OCH3 is 1. The maximum atomic E-state index is 11.8. The van der Waals surface area contributed by atoms with Gasteiger partial charge >= 0.3 is 12.0 Å². The number of benzene rings is 2. The number of amides is 2. The van der Waals surface area contributed by atoms with Crippen molar-refractivity contribution >= 4 is 17.7 Å². The van der Waals surface area contributed by atoms with Crippen LogP contribution >= 0.6 is 0 Å². The van der Waals surface area contributed by atoms with Crippen LogP contribution in [0.5, 0.6) is 0 Å². The van der Waals surface area contributed by atoms with Crippen molar-refractivity contribution in [3.63, 3.8) is 0 Å². The van der Waals surface area contributed by atoms with E-state index >= 15 is 0 Å². The maximum Gasteiger partial charge on any atom is 0.337 e. The number of carbonyl (C=O) groups is 2. The molecule has 5 nitrogen and oxygen atoms in total. The third kappa shape index (κ3) is 4.34. The zero-order chi connectivity index (χ0) is 15.9. The Morgan fingerprint density at radius 1 is 1.00 bits per heavy atom. The van der Waals surface area contributed by atoms with Crippen LogP contribution in [0.3, 0.4) is 0 Å². The molecule has 0 saturated heterocycles. The molecule has 0 aliphatic carbocycles. The fraction of sp³-hybridized carbons (Fsp3) is 0.176. The van der Waals surface area contributed by atoms with Gasteiger partial charge in [-0.3, -0.25) is 0 Å². The summed E-state index contributed by atoms with van der Waals surface area (Å²) in [5, 5.41) is 5.48. The SMILES string of the molecule is COC(=O)c1ccc(NC(=O)NCc2ccc(C)cc2)cc1. The smallest absolute Gasteiger partial charge is 0.337 e. The second-order valence-electron chi connectivity index (χ2n) is 4.86. The highest BCUT2D eigenvalue weighted by molar-refractivity contribution is 5.92. The lowest BCUT2D eigenvalue weighted by Gasteiger charge is -2.08. The van der Waals surface area contributed by atoms with Gasteiger partial charge in [-0.05, 0) is 36.8 Å². The topological polar surface area (TPSA) is 67.4 Å². The molecule has 2 N–H and O–H groups in total. The molecule has 0 atom stereocenters. The van der Waals surface area contributed by atoms with Gasteiger partial charge in [-0.1, -0.05) is 29.8 Å². The maximum absolute atomic E-state index is 11.8. The summed E-state index contributed by atoms with van der Waals surface area (Å²) in [6, 6.07) is 14.1. The lowest BCUT2D eigenvalue weighted by atomic mass is 10.1. The molecular weight excluding hydrogens is 280 g/mol. The summed E-state index contributed by atoms with van der Waals surface area (Å²) in [6.45, 7) is 2.47. The minimum Gasteiger partial charge on any atom is -0.465 e. The second kappa shape index (κ2) is 7.26. The molecule has 0 fully saturated rings. The van der Waals surface area contributed by atoms with E-state index < -0.39 is 5.97 Å². The van der Waals surface area contributed by atoms with Crippen LogP contribution in [0.25, 0.3) is 0 Å². The lowest BCUT2D eigenvalue weighted by Crippen LogP contribution is -2.28. The van der Waals surface area contributed by atoms with Crippen molar-refractivity contribution in [2.45, 2.75) is 13.5 Å². The standard InChI is InChI=1S/C17H18N2O3/c1-12-3-5-13(6-4-12)11-18-17(21)19-15-9-7-14(8-10-15)16(20)22-2/h3-10H,11H2,1-2H3,(H2,18,19,21). The number of hydrogen-bond acceptors (Lipinski definition) is 3. The third-order valence-corrected chi connectivity index (χ3v) is 3.14. The van der Waals surface area contributed by atoms with Crippen LogP contribution in [0.15, 0.2) is 48.5 Å².